The van der Waals surface area contributed by atoms with Crippen molar-refractivity contribution in [2.24, 2.45) is 7.05 Å². The first-order valence-corrected chi connectivity index (χ1v) is 8.92. The normalized spacial score (nSPS) is 20.2. The molecule has 3 heterocycles. The number of aromatic nitrogens is 3. The number of imidazole rings is 1. The Balaban J connectivity index is 1.84. The van der Waals surface area contributed by atoms with E-state index in [1.807, 2.05) is 18.2 Å². The van der Waals surface area contributed by atoms with Crippen molar-refractivity contribution in [3.8, 4) is 0 Å². The zero-order chi connectivity index (χ0) is 15.7. The Bertz CT molecular complexity index is 777. The van der Waals surface area contributed by atoms with Crippen molar-refractivity contribution in [3.05, 3.63) is 41.0 Å². The molecule has 3 rings (SSSR count). The van der Waals surface area contributed by atoms with Gasteiger partial charge in [-0.05, 0) is 28.1 Å². The molecule has 0 amide bonds. The van der Waals surface area contributed by atoms with Gasteiger partial charge in [0.25, 0.3) is 10.0 Å². The average Bonchev–Trinajstić information content (AvgIpc) is 2.95. The van der Waals surface area contributed by atoms with Crippen LogP contribution in [0.2, 0.25) is 0 Å². The van der Waals surface area contributed by atoms with Crippen LogP contribution in [0.15, 0.2) is 40.4 Å². The number of pyridine rings is 1. The van der Waals surface area contributed by atoms with Crippen LogP contribution < -0.4 is 0 Å². The quantitative estimate of drug-likeness (QED) is 0.743. The van der Waals surface area contributed by atoms with E-state index in [1.165, 1.54) is 16.8 Å². The molecule has 2 aromatic heterocycles. The Labute approximate surface area is 137 Å². The predicted molar refractivity (Wildman–Crippen MR) is 82.6 cm³/mol. The molecular weight excluding hydrogens is 372 g/mol. The Hall–Kier alpha value is -1.29. The number of hydrogen-bond donors (Lipinski definition) is 0. The molecule has 1 aliphatic rings. The summed E-state index contributed by atoms with van der Waals surface area (Å²) in [6.45, 7) is 0.858. The van der Waals surface area contributed by atoms with Crippen molar-refractivity contribution in [2.45, 2.75) is 11.1 Å². The topological polar surface area (TPSA) is 77.3 Å². The maximum absolute atomic E-state index is 12.6. The van der Waals surface area contributed by atoms with E-state index in [9.17, 15) is 8.42 Å². The van der Waals surface area contributed by atoms with Gasteiger partial charge >= 0.3 is 0 Å². The lowest BCUT2D eigenvalue weighted by Crippen LogP contribution is -2.42. The van der Waals surface area contributed by atoms with Crippen LogP contribution >= 0.6 is 15.9 Å². The van der Waals surface area contributed by atoms with Crippen molar-refractivity contribution in [1.29, 1.82) is 0 Å². The van der Waals surface area contributed by atoms with Crippen LogP contribution in [0.5, 0.6) is 0 Å². The van der Waals surface area contributed by atoms with Crippen molar-refractivity contribution in [2.75, 3.05) is 19.7 Å². The van der Waals surface area contributed by atoms with Gasteiger partial charge in [0.05, 0.1) is 18.6 Å². The number of hydrogen-bond acceptors (Lipinski definition) is 5. The van der Waals surface area contributed by atoms with Gasteiger partial charge in [-0.1, -0.05) is 6.07 Å². The van der Waals surface area contributed by atoms with Gasteiger partial charge in [0.15, 0.2) is 5.03 Å². The first kappa shape index (κ1) is 15.6. The summed E-state index contributed by atoms with van der Waals surface area (Å²) in [6.07, 6.45) is 2.59. The molecule has 0 radical (unpaired) electrons. The number of nitrogens with zero attached hydrogens (tertiary/aromatic N) is 4. The number of ether oxygens (including phenoxy) is 1. The van der Waals surface area contributed by atoms with Crippen LogP contribution in [0.3, 0.4) is 0 Å². The Morgan fingerprint density at radius 2 is 2.23 bits per heavy atom. The molecule has 2 aromatic rings. The van der Waals surface area contributed by atoms with E-state index in [2.05, 4.69) is 25.9 Å². The summed E-state index contributed by atoms with van der Waals surface area (Å²) >= 11 is 3.31. The van der Waals surface area contributed by atoms with Gasteiger partial charge in [-0.2, -0.15) is 4.31 Å². The maximum atomic E-state index is 12.6. The SMILES string of the molecule is Cn1cnc(S(=O)(=O)N2CCOC(c3cccc(Br)n3)C2)c1. The van der Waals surface area contributed by atoms with Gasteiger partial charge in [-0.3, -0.25) is 0 Å². The first-order valence-electron chi connectivity index (χ1n) is 6.69. The molecule has 1 unspecified atom stereocenters. The molecule has 9 heteroatoms. The summed E-state index contributed by atoms with van der Waals surface area (Å²) in [4.78, 5) is 8.28. The van der Waals surface area contributed by atoms with Gasteiger partial charge in [0, 0.05) is 26.3 Å². The number of sulfonamides is 1. The Morgan fingerprint density at radius 1 is 1.41 bits per heavy atom. The maximum Gasteiger partial charge on any atom is 0.262 e. The Kier molecular flexibility index (Phi) is 4.31. The molecule has 22 heavy (non-hydrogen) atoms. The number of morpholine rings is 1. The predicted octanol–water partition coefficient (Wildman–Crippen LogP) is 1.34. The molecule has 0 aliphatic carbocycles. The zero-order valence-corrected chi connectivity index (χ0v) is 14.3. The van der Waals surface area contributed by atoms with Crippen LogP contribution in [-0.2, 0) is 21.8 Å². The molecule has 118 valence electrons. The zero-order valence-electron chi connectivity index (χ0n) is 11.9. The van der Waals surface area contributed by atoms with Crippen molar-refractivity contribution >= 4 is 26.0 Å². The fourth-order valence-corrected chi connectivity index (χ4v) is 4.03. The fraction of sp³-hybridized carbons (Fsp3) is 0.385. The molecular formula is C13H15BrN4O3S. The second-order valence-corrected chi connectivity index (χ2v) is 7.68. The summed E-state index contributed by atoms with van der Waals surface area (Å²) in [5.74, 6) is 0. The Morgan fingerprint density at radius 3 is 2.91 bits per heavy atom. The molecule has 0 spiro atoms. The highest BCUT2D eigenvalue weighted by Crippen LogP contribution is 2.25. The third kappa shape index (κ3) is 3.07. The third-order valence-corrected chi connectivity index (χ3v) is 5.57. The van der Waals surface area contributed by atoms with E-state index in [0.29, 0.717) is 23.4 Å². The second kappa shape index (κ2) is 6.07. The third-order valence-electron chi connectivity index (χ3n) is 3.38. The highest BCUT2D eigenvalue weighted by atomic mass is 79.9. The van der Waals surface area contributed by atoms with E-state index < -0.39 is 10.0 Å². The van der Waals surface area contributed by atoms with E-state index in [1.54, 1.807) is 11.6 Å². The average molecular weight is 387 g/mol. The molecule has 1 saturated heterocycles. The summed E-state index contributed by atoms with van der Waals surface area (Å²) in [5.41, 5.74) is 0.704. The molecule has 0 saturated carbocycles. The van der Waals surface area contributed by atoms with Crippen molar-refractivity contribution in [1.82, 2.24) is 18.8 Å². The molecule has 0 bridgehead atoms. The summed E-state index contributed by atoms with van der Waals surface area (Å²) < 4.78 is 34.6. The minimum Gasteiger partial charge on any atom is -0.369 e. The highest BCUT2D eigenvalue weighted by molar-refractivity contribution is 9.10. The molecule has 1 aliphatic heterocycles. The van der Waals surface area contributed by atoms with Gasteiger partial charge in [0.1, 0.15) is 10.7 Å². The van der Waals surface area contributed by atoms with Crippen LogP contribution in [-0.4, -0.2) is 47.0 Å². The summed E-state index contributed by atoms with van der Waals surface area (Å²) in [5, 5.41) is 0.0536. The van der Waals surface area contributed by atoms with Crippen molar-refractivity contribution < 1.29 is 13.2 Å². The number of rotatable bonds is 3. The second-order valence-electron chi connectivity index (χ2n) is 4.99. The van der Waals surface area contributed by atoms with Gasteiger partial charge < -0.3 is 9.30 Å². The van der Waals surface area contributed by atoms with E-state index in [0.717, 1.165) is 0 Å². The lowest BCUT2D eigenvalue weighted by Gasteiger charge is -2.31. The summed E-state index contributed by atoms with van der Waals surface area (Å²) in [6, 6.07) is 5.49. The number of halogens is 1. The van der Waals surface area contributed by atoms with E-state index in [4.69, 9.17) is 4.74 Å². The van der Waals surface area contributed by atoms with E-state index >= 15 is 0 Å². The minimum absolute atomic E-state index is 0.0536. The standard InChI is InChI=1S/C13H15BrN4O3S/c1-17-8-13(15-9-17)22(19,20)18-5-6-21-11(7-18)10-3-2-4-12(14)16-10/h2-4,8-9,11H,5-7H2,1H3. The first-order chi connectivity index (χ1) is 10.5. The minimum atomic E-state index is -3.61. The number of aryl methyl sites for hydroxylation is 1. The van der Waals surface area contributed by atoms with Crippen LogP contribution in [0.4, 0.5) is 0 Å². The molecule has 0 aromatic carbocycles. The van der Waals surface area contributed by atoms with E-state index in [-0.39, 0.29) is 17.7 Å². The smallest absolute Gasteiger partial charge is 0.262 e. The van der Waals surface area contributed by atoms with Gasteiger partial charge in [-0.15, -0.1) is 0 Å². The molecule has 1 atom stereocenters. The molecule has 7 nitrogen and oxygen atoms in total. The lowest BCUT2D eigenvalue weighted by atomic mass is 10.2. The van der Waals surface area contributed by atoms with Gasteiger partial charge in [0.2, 0.25) is 0 Å². The van der Waals surface area contributed by atoms with Gasteiger partial charge in [-0.25, -0.2) is 18.4 Å². The highest BCUT2D eigenvalue weighted by Gasteiger charge is 2.33. The monoisotopic (exact) mass is 386 g/mol. The molecule has 1 fully saturated rings. The van der Waals surface area contributed by atoms with Crippen LogP contribution in [0.25, 0.3) is 0 Å². The van der Waals surface area contributed by atoms with Crippen molar-refractivity contribution in [3.63, 3.8) is 0 Å². The molecule has 0 N–H and O–H groups in total. The largest absolute Gasteiger partial charge is 0.369 e. The lowest BCUT2D eigenvalue weighted by molar-refractivity contribution is -0.00507. The fourth-order valence-electron chi connectivity index (χ4n) is 2.28. The van der Waals surface area contributed by atoms with Crippen LogP contribution in [0, 0.1) is 0 Å². The van der Waals surface area contributed by atoms with Crippen LogP contribution in [0.1, 0.15) is 11.8 Å². The summed E-state index contributed by atoms with van der Waals surface area (Å²) in [7, 11) is -1.87.